The molecule has 2 aromatic rings. The first-order valence-corrected chi connectivity index (χ1v) is 22.7. The van der Waals surface area contributed by atoms with Crippen LogP contribution in [0.3, 0.4) is 0 Å². The van der Waals surface area contributed by atoms with E-state index in [1.807, 2.05) is 0 Å². The monoisotopic (exact) mass is 1070 g/mol. The molecule has 0 aliphatic rings. The van der Waals surface area contributed by atoms with Gasteiger partial charge in [0.15, 0.2) is 14.4 Å². The van der Waals surface area contributed by atoms with Crippen LogP contribution in [0, 0.1) is 11.6 Å². The molecule has 398 valence electrons. The number of hydrogen-bond donors (Lipinski definition) is 1. The molecule has 0 aromatic heterocycles. The van der Waals surface area contributed by atoms with Crippen LogP contribution in [0.15, 0.2) is 66.8 Å². The van der Waals surface area contributed by atoms with Gasteiger partial charge in [-0.25, -0.2) is 18.4 Å². The SMILES string of the molecule is CCOC(=O)/C=C/C=C/C[C@H](OC)[C@@H](OC(=O)Nc1ccc(F)cc1F)c1ccc(OCCO[Si](CCC(F)(F)C(F)(F)C(F)(F)C(F)(F)C(F)(F)C(F)(F)C(F)(F)C(F)(F)F)(C(C)C)C(C)C)cc1. The van der Waals surface area contributed by atoms with E-state index in [-0.39, 0.29) is 24.3 Å². The van der Waals surface area contributed by atoms with Crippen molar-refractivity contribution in [3.8, 4) is 5.75 Å². The highest BCUT2D eigenvalue weighted by atomic mass is 28.4. The lowest BCUT2D eigenvalue weighted by atomic mass is 9.88. The Morgan fingerprint density at radius 3 is 1.71 bits per heavy atom. The Balaban J connectivity index is 2.34. The zero-order chi connectivity index (χ0) is 54.1. The standard InChI is InChI=1S/C42H46F19NO7Si/c1-7-66-32(63)12-10-8-9-11-31(65-6)33(69-34(64)62-30-18-15-27(43)23-29(30)44)26-13-16-28(17-14-26)67-20-21-68-70(24(2)3,25(4)5)22-19-35(45,46)36(47,48)37(49,50)38(51,52)39(53,54)40(55,56)41(57,58)42(59,60)61/h8-10,12-18,23-25,31,33H,7,11,19-22H2,1-6H3,(H,62,64)/b9-8+,12-10+/t31-,33-/m0/s1. The molecular formula is C42H46F19NO7Si. The minimum atomic E-state index is -8.73. The zero-order valence-corrected chi connectivity index (χ0v) is 38.4. The molecule has 0 saturated heterocycles. The van der Waals surface area contributed by atoms with Gasteiger partial charge in [-0.2, -0.15) is 74.6 Å². The van der Waals surface area contributed by atoms with Gasteiger partial charge in [0.2, 0.25) is 0 Å². The number of esters is 1. The topological polar surface area (TPSA) is 92.3 Å². The number of allylic oxidation sites excluding steroid dienone is 2. The predicted octanol–water partition coefficient (Wildman–Crippen LogP) is 13.9. The van der Waals surface area contributed by atoms with Gasteiger partial charge in [-0.15, -0.1) is 0 Å². The molecule has 0 aliphatic heterocycles. The summed E-state index contributed by atoms with van der Waals surface area (Å²) < 4.78 is 291. The Kier molecular flexibility index (Phi) is 20.4. The number of carbonyl (C=O) groups excluding carboxylic acids is 2. The van der Waals surface area contributed by atoms with E-state index in [2.05, 4.69) is 5.32 Å². The Labute approximate surface area is 388 Å². The van der Waals surface area contributed by atoms with E-state index in [1.165, 1.54) is 77.3 Å². The third kappa shape index (κ3) is 13.0. The van der Waals surface area contributed by atoms with Gasteiger partial charge in [0.05, 0.1) is 18.9 Å². The number of nitrogens with one attached hydrogen (secondary N) is 1. The summed E-state index contributed by atoms with van der Waals surface area (Å²) in [6, 6.07) is 6.19. The summed E-state index contributed by atoms with van der Waals surface area (Å²) in [5, 5.41) is 2.12. The van der Waals surface area contributed by atoms with E-state index < -0.39 is 134 Å². The summed E-state index contributed by atoms with van der Waals surface area (Å²) in [6.07, 6.45) is -8.52. The van der Waals surface area contributed by atoms with E-state index in [4.69, 9.17) is 23.4 Å². The number of amides is 1. The van der Waals surface area contributed by atoms with Crippen LogP contribution in [0.1, 0.15) is 59.1 Å². The van der Waals surface area contributed by atoms with Crippen LogP contribution in [-0.4, -0.2) is 101 Å². The molecular weight excluding hydrogens is 1020 g/mol. The molecule has 0 bridgehead atoms. The molecule has 0 aliphatic carbocycles. The number of alkyl halides is 17. The van der Waals surface area contributed by atoms with Gasteiger partial charge in [-0.05, 0) is 60.3 Å². The molecule has 2 rings (SSSR count). The fourth-order valence-corrected chi connectivity index (χ4v) is 11.1. The van der Waals surface area contributed by atoms with Gasteiger partial charge in [0.1, 0.15) is 30.1 Å². The number of hydrogen-bond acceptors (Lipinski definition) is 7. The number of benzene rings is 2. The Hall–Kier alpha value is -4.73. The average molecular weight is 1070 g/mol. The van der Waals surface area contributed by atoms with Gasteiger partial charge in [0, 0.05) is 25.7 Å². The van der Waals surface area contributed by atoms with Crippen molar-refractivity contribution in [3.05, 3.63) is 84.0 Å². The van der Waals surface area contributed by atoms with Crippen LogP contribution >= 0.6 is 0 Å². The number of methoxy groups -OCH3 is 1. The van der Waals surface area contributed by atoms with E-state index >= 15 is 8.78 Å². The van der Waals surface area contributed by atoms with Crippen LogP contribution < -0.4 is 10.1 Å². The minimum Gasteiger partial charge on any atom is -0.491 e. The maximum absolute atomic E-state index is 15.0. The first-order chi connectivity index (χ1) is 31.9. The summed E-state index contributed by atoms with van der Waals surface area (Å²) in [5.41, 5.74) is -2.11. The van der Waals surface area contributed by atoms with Crippen molar-refractivity contribution in [1.82, 2.24) is 0 Å². The highest BCUT2D eigenvalue weighted by Gasteiger charge is 2.95. The molecule has 0 unspecified atom stereocenters. The molecule has 0 fully saturated rings. The molecule has 2 aromatic carbocycles. The number of anilines is 1. The summed E-state index contributed by atoms with van der Waals surface area (Å²) in [7, 11) is -2.82. The second-order valence-electron chi connectivity index (χ2n) is 15.8. The molecule has 70 heavy (non-hydrogen) atoms. The maximum Gasteiger partial charge on any atom is 0.460 e. The van der Waals surface area contributed by atoms with Gasteiger partial charge < -0.3 is 23.4 Å². The predicted molar refractivity (Wildman–Crippen MR) is 213 cm³/mol. The summed E-state index contributed by atoms with van der Waals surface area (Å²) >= 11 is 0. The van der Waals surface area contributed by atoms with Crippen LogP contribution in [-0.2, 0) is 23.4 Å². The van der Waals surface area contributed by atoms with Crippen molar-refractivity contribution >= 4 is 26.1 Å². The molecule has 0 radical (unpaired) electrons. The third-order valence-electron chi connectivity index (χ3n) is 10.7. The van der Waals surface area contributed by atoms with E-state index in [9.17, 15) is 84.2 Å². The molecule has 1 N–H and O–H groups in total. The molecule has 28 heteroatoms. The fraction of sp³-hybridized carbons (Fsp3) is 0.571. The van der Waals surface area contributed by atoms with E-state index in [0.29, 0.717) is 6.07 Å². The van der Waals surface area contributed by atoms with Gasteiger partial charge in [0.25, 0.3) is 0 Å². The number of carbonyl (C=O) groups is 2. The molecule has 8 nitrogen and oxygen atoms in total. The molecule has 1 amide bonds. The molecule has 2 atom stereocenters. The lowest BCUT2D eigenvalue weighted by Gasteiger charge is -2.44. The number of ether oxygens (including phenoxy) is 4. The van der Waals surface area contributed by atoms with Crippen LogP contribution in [0.25, 0.3) is 0 Å². The lowest BCUT2D eigenvalue weighted by molar-refractivity contribution is -0.461. The normalized spacial score (nSPS) is 15.0. The largest absolute Gasteiger partial charge is 0.491 e. The maximum atomic E-state index is 15.0. The molecule has 0 saturated carbocycles. The van der Waals surface area contributed by atoms with Crippen molar-refractivity contribution in [2.24, 2.45) is 0 Å². The summed E-state index contributed by atoms with van der Waals surface area (Å²) in [4.78, 5) is 24.5. The van der Waals surface area contributed by atoms with Crippen LogP contribution in [0.2, 0.25) is 17.1 Å². The number of rotatable bonds is 26. The first-order valence-electron chi connectivity index (χ1n) is 20.4. The van der Waals surface area contributed by atoms with Crippen molar-refractivity contribution in [2.45, 2.75) is 124 Å². The summed E-state index contributed by atoms with van der Waals surface area (Å²) in [5.74, 6) is -59.7. The van der Waals surface area contributed by atoms with Crippen molar-refractivity contribution < 1.29 is 116 Å². The minimum absolute atomic E-state index is 0.0135. The Bertz CT molecular complexity index is 2090. The lowest BCUT2D eigenvalue weighted by Crippen LogP contribution is -2.74. The summed E-state index contributed by atoms with van der Waals surface area (Å²) in [6.45, 7) is 5.76. The zero-order valence-electron chi connectivity index (χ0n) is 37.4. The third-order valence-corrected chi connectivity index (χ3v) is 16.4. The first kappa shape index (κ1) is 61.4. The van der Waals surface area contributed by atoms with Crippen LogP contribution in [0.4, 0.5) is 93.9 Å². The van der Waals surface area contributed by atoms with Gasteiger partial charge in [-0.3, -0.25) is 5.32 Å². The second kappa shape index (κ2) is 23.2. The van der Waals surface area contributed by atoms with Crippen LogP contribution in [0.5, 0.6) is 5.75 Å². The fourth-order valence-electron chi connectivity index (χ4n) is 6.66. The van der Waals surface area contributed by atoms with E-state index in [1.54, 1.807) is 6.92 Å². The Morgan fingerprint density at radius 2 is 1.23 bits per heavy atom. The Morgan fingerprint density at radius 1 is 0.700 bits per heavy atom. The molecule has 0 spiro atoms. The van der Waals surface area contributed by atoms with Gasteiger partial charge >= 0.3 is 59.7 Å². The average Bonchev–Trinajstić information content (AvgIpc) is 3.24. The quantitative estimate of drug-likeness (QED) is 0.0251. The van der Waals surface area contributed by atoms with E-state index in [0.717, 1.165) is 18.2 Å². The van der Waals surface area contributed by atoms with Crippen molar-refractivity contribution in [3.63, 3.8) is 0 Å². The smallest absolute Gasteiger partial charge is 0.460 e. The second-order valence-corrected chi connectivity index (χ2v) is 20.8. The molecule has 0 heterocycles. The van der Waals surface area contributed by atoms with Crippen molar-refractivity contribution in [2.75, 3.05) is 32.2 Å². The van der Waals surface area contributed by atoms with Crippen molar-refractivity contribution in [1.29, 1.82) is 0 Å². The van der Waals surface area contributed by atoms with Gasteiger partial charge in [-0.1, -0.05) is 58.1 Å². The number of halogens is 19. The highest BCUT2D eigenvalue weighted by Crippen LogP contribution is 2.64. The highest BCUT2D eigenvalue weighted by molar-refractivity contribution is 6.76.